The van der Waals surface area contributed by atoms with Gasteiger partial charge in [0.1, 0.15) is 17.5 Å². The third-order valence-corrected chi connectivity index (χ3v) is 6.97. The second kappa shape index (κ2) is 10.4. The van der Waals surface area contributed by atoms with Crippen molar-refractivity contribution in [3.05, 3.63) is 70.5 Å². The minimum atomic E-state index is -0.429. The highest BCUT2D eigenvalue weighted by atomic mass is 35.5. The summed E-state index contributed by atoms with van der Waals surface area (Å²) in [5, 5.41) is 11.7. The molecule has 190 valence electrons. The Balaban J connectivity index is 1.29. The van der Waals surface area contributed by atoms with Crippen LogP contribution in [0.25, 0.3) is 11.1 Å². The number of halogens is 1. The first kappa shape index (κ1) is 25.0. The van der Waals surface area contributed by atoms with Gasteiger partial charge in [-0.1, -0.05) is 29.7 Å². The summed E-state index contributed by atoms with van der Waals surface area (Å²) in [6, 6.07) is 7.37. The molecule has 0 spiro atoms. The number of aromatic nitrogens is 5. The largest absolute Gasteiger partial charge is 0.494 e. The summed E-state index contributed by atoms with van der Waals surface area (Å²) >= 11 is 7.21. The summed E-state index contributed by atoms with van der Waals surface area (Å²) in [7, 11) is 1.52. The molecule has 0 atom stereocenters. The molecule has 37 heavy (non-hydrogen) atoms. The number of carbonyl (C=O) groups excluding carboxylic acids is 1. The van der Waals surface area contributed by atoms with Crippen molar-refractivity contribution in [1.29, 1.82) is 0 Å². The number of nitrogens with zero attached hydrogens (tertiary/aromatic N) is 5. The molecule has 0 aliphatic carbocycles. The first-order chi connectivity index (χ1) is 17.9. The zero-order valence-electron chi connectivity index (χ0n) is 20.3. The van der Waals surface area contributed by atoms with Gasteiger partial charge in [-0.2, -0.15) is 0 Å². The summed E-state index contributed by atoms with van der Waals surface area (Å²) < 4.78 is 16.6. The van der Waals surface area contributed by atoms with Gasteiger partial charge in [-0.3, -0.25) is 20.1 Å². The van der Waals surface area contributed by atoms with Crippen LogP contribution in [-0.2, 0) is 16.8 Å². The van der Waals surface area contributed by atoms with E-state index in [2.05, 4.69) is 37.4 Å². The predicted molar refractivity (Wildman–Crippen MR) is 138 cm³/mol. The standard InChI is InChI=1S/C25H23ClN6O4S/c1-14-21(34-3)20(15-6-7-27-19(26)8-15)18(10-28-14)22(33)30-23-31-32-24(37-23)36-11-17-5-4-16(9-29-17)25(2)12-35-13-25/h4-10H,11-13H2,1-3H3,(H,30,31,33). The highest BCUT2D eigenvalue weighted by molar-refractivity contribution is 7.17. The summed E-state index contributed by atoms with van der Waals surface area (Å²) in [6.45, 7) is 5.58. The molecule has 12 heteroatoms. The highest BCUT2D eigenvalue weighted by Gasteiger charge is 2.35. The van der Waals surface area contributed by atoms with Gasteiger partial charge in [0, 0.05) is 29.6 Å². The van der Waals surface area contributed by atoms with Crippen molar-refractivity contribution < 1.29 is 19.0 Å². The Labute approximate surface area is 222 Å². The number of hydrogen-bond donors (Lipinski definition) is 1. The fraction of sp³-hybridized carbons (Fsp3) is 0.280. The second-order valence-corrected chi connectivity index (χ2v) is 10.1. The number of rotatable bonds is 8. The fourth-order valence-electron chi connectivity index (χ4n) is 3.91. The molecule has 1 saturated heterocycles. The van der Waals surface area contributed by atoms with Gasteiger partial charge in [0.15, 0.2) is 0 Å². The lowest BCUT2D eigenvalue weighted by atomic mass is 9.82. The molecule has 0 saturated carbocycles. The van der Waals surface area contributed by atoms with Crippen LogP contribution in [0.5, 0.6) is 10.9 Å². The van der Waals surface area contributed by atoms with Crippen LogP contribution in [0.3, 0.4) is 0 Å². The van der Waals surface area contributed by atoms with Crippen LogP contribution >= 0.6 is 22.9 Å². The highest BCUT2D eigenvalue weighted by Crippen LogP contribution is 2.36. The molecule has 0 bridgehead atoms. The summed E-state index contributed by atoms with van der Waals surface area (Å²) in [4.78, 5) is 26.0. The van der Waals surface area contributed by atoms with Crippen molar-refractivity contribution in [2.24, 2.45) is 0 Å². The lowest BCUT2D eigenvalue weighted by Gasteiger charge is -2.38. The topological polar surface area (TPSA) is 121 Å². The zero-order chi connectivity index (χ0) is 26.0. The molecule has 0 radical (unpaired) electrons. The van der Waals surface area contributed by atoms with Crippen LogP contribution in [0, 0.1) is 6.92 Å². The Bertz CT molecular complexity index is 1440. The molecule has 4 aromatic heterocycles. The van der Waals surface area contributed by atoms with Gasteiger partial charge in [0.05, 0.1) is 37.3 Å². The second-order valence-electron chi connectivity index (χ2n) is 8.74. The van der Waals surface area contributed by atoms with E-state index >= 15 is 0 Å². The number of carbonyl (C=O) groups is 1. The lowest BCUT2D eigenvalue weighted by Crippen LogP contribution is -2.43. The van der Waals surface area contributed by atoms with Crippen LogP contribution in [0.4, 0.5) is 5.13 Å². The van der Waals surface area contributed by atoms with Gasteiger partial charge in [0.25, 0.3) is 11.1 Å². The normalized spacial score (nSPS) is 14.1. The summed E-state index contributed by atoms with van der Waals surface area (Å²) in [5.41, 5.74) is 4.06. The van der Waals surface area contributed by atoms with Crippen molar-refractivity contribution in [3.8, 4) is 22.1 Å². The number of anilines is 1. The Morgan fingerprint density at radius 2 is 2.03 bits per heavy atom. The number of aryl methyl sites for hydroxylation is 1. The average molecular weight is 539 g/mol. The monoisotopic (exact) mass is 538 g/mol. The lowest BCUT2D eigenvalue weighted by molar-refractivity contribution is -0.0501. The minimum Gasteiger partial charge on any atom is -0.494 e. The van der Waals surface area contributed by atoms with Crippen molar-refractivity contribution >= 4 is 34.0 Å². The molecule has 0 unspecified atom stereocenters. The molecule has 1 amide bonds. The SMILES string of the molecule is COc1c(C)ncc(C(=O)Nc2nnc(OCc3ccc(C4(C)COC4)cn3)s2)c1-c1ccnc(Cl)c1. The van der Waals surface area contributed by atoms with E-state index in [0.29, 0.717) is 46.1 Å². The van der Waals surface area contributed by atoms with Crippen LogP contribution in [0.2, 0.25) is 5.15 Å². The number of hydrogen-bond acceptors (Lipinski definition) is 10. The number of ether oxygens (including phenoxy) is 3. The summed E-state index contributed by atoms with van der Waals surface area (Å²) in [6.07, 6.45) is 4.90. The molecule has 1 fully saturated rings. The van der Waals surface area contributed by atoms with E-state index in [1.165, 1.54) is 13.3 Å². The zero-order valence-corrected chi connectivity index (χ0v) is 21.9. The van der Waals surface area contributed by atoms with Crippen molar-refractivity contribution in [3.63, 3.8) is 0 Å². The molecule has 5 rings (SSSR count). The molecule has 0 aromatic carbocycles. The van der Waals surface area contributed by atoms with Gasteiger partial charge in [0.2, 0.25) is 5.13 Å². The molecule has 10 nitrogen and oxygen atoms in total. The first-order valence-corrected chi connectivity index (χ1v) is 12.5. The Morgan fingerprint density at radius 1 is 1.19 bits per heavy atom. The van der Waals surface area contributed by atoms with Crippen molar-refractivity contribution in [2.75, 3.05) is 25.6 Å². The number of amides is 1. The van der Waals surface area contributed by atoms with Gasteiger partial charge in [-0.05, 0) is 47.6 Å². The van der Waals surface area contributed by atoms with Gasteiger partial charge in [-0.15, -0.1) is 5.10 Å². The number of methoxy groups -OCH3 is 1. The smallest absolute Gasteiger partial charge is 0.296 e. The van der Waals surface area contributed by atoms with Crippen molar-refractivity contribution in [2.45, 2.75) is 25.9 Å². The van der Waals surface area contributed by atoms with Crippen molar-refractivity contribution in [1.82, 2.24) is 25.1 Å². The molecule has 1 N–H and O–H groups in total. The molecule has 5 heterocycles. The molecule has 1 aliphatic rings. The molecule has 1 aliphatic heterocycles. The predicted octanol–water partition coefficient (Wildman–Crippen LogP) is 4.48. The third kappa shape index (κ3) is 5.24. The fourth-order valence-corrected chi connectivity index (χ4v) is 4.68. The molecular formula is C25H23ClN6O4S. The molecular weight excluding hydrogens is 516 g/mol. The number of nitrogens with one attached hydrogen (secondary N) is 1. The van der Waals surface area contributed by atoms with E-state index in [4.69, 9.17) is 25.8 Å². The van der Waals surface area contributed by atoms with E-state index in [1.54, 1.807) is 25.3 Å². The maximum Gasteiger partial charge on any atom is 0.296 e. The van der Waals surface area contributed by atoms with Crippen LogP contribution in [0.15, 0.2) is 42.9 Å². The van der Waals surface area contributed by atoms with E-state index in [0.717, 1.165) is 22.6 Å². The number of pyridine rings is 3. The van der Waals surface area contributed by atoms with E-state index in [9.17, 15) is 4.79 Å². The third-order valence-electron chi connectivity index (χ3n) is 6.01. The maximum absolute atomic E-state index is 13.2. The first-order valence-electron chi connectivity index (χ1n) is 11.3. The van der Waals surface area contributed by atoms with Gasteiger partial charge in [-0.25, -0.2) is 4.98 Å². The van der Waals surface area contributed by atoms with Crippen LogP contribution in [-0.4, -0.2) is 51.4 Å². The van der Waals surface area contributed by atoms with Crippen LogP contribution < -0.4 is 14.8 Å². The molecule has 4 aromatic rings. The average Bonchev–Trinajstić information content (AvgIpc) is 3.33. The van der Waals surface area contributed by atoms with E-state index < -0.39 is 5.91 Å². The van der Waals surface area contributed by atoms with E-state index in [-0.39, 0.29) is 22.7 Å². The van der Waals surface area contributed by atoms with E-state index in [1.807, 2.05) is 18.3 Å². The Hall–Kier alpha value is -3.67. The Morgan fingerprint density at radius 3 is 2.70 bits per heavy atom. The van der Waals surface area contributed by atoms with Gasteiger partial charge < -0.3 is 14.2 Å². The van der Waals surface area contributed by atoms with Gasteiger partial charge >= 0.3 is 0 Å². The maximum atomic E-state index is 13.2. The minimum absolute atomic E-state index is 0.0270. The van der Waals surface area contributed by atoms with Crippen LogP contribution in [0.1, 0.15) is 34.2 Å². The summed E-state index contributed by atoms with van der Waals surface area (Å²) in [5.74, 6) is 0.0377. The Kier molecular flexibility index (Phi) is 7.00. The quantitative estimate of drug-likeness (QED) is 0.323.